The van der Waals surface area contributed by atoms with Crippen LogP contribution in [-0.4, -0.2) is 223 Å². The molecule has 0 aliphatic rings. The van der Waals surface area contributed by atoms with Gasteiger partial charge in [-0.25, -0.2) is 0 Å². The van der Waals surface area contributed by atoms with E-state index in [4.69, 9.17) is 131 Å². The first-order valence-electron chi connectivity index (χ1n) is 27.0. The Morgan fingerprint density at radius 1 is 0.152 bits per heavy atom. The maximum atomic E-state index is 9.13. The Kier molecular flexibility index (Phi) is 32.5. The Bertz CT molecular complexity index is 3310. The fraction of sp³-hybridized carbons (Fsp3) is 0. The molecule has 0 atom stereocenters. The van der Waals surface area contributed by atoms with Crippen molar-refractivity contribution >= 4 is 174 Å². The fourth-order valence-electron chi connectivity index (χ4n) is 7.76. The van der Waals surface area contributed by atoms with E-state index in [0.29, 0.717) is 42.3 Å². The Labute approximate surface area is 535 Å². The van der Waals surface area contributed by atoms with Crippen molar-refractivity contribution in [2.24, 2.45) is 0 Å². The lowest BCUT2D eigenvalue weighted by Crippen LogP contribution is -2.45. The predicted octanol–water partition coefficient (Wildman–Crippen LogP) is -15.0. The van der Waals surface area contributed by atoms with Crippen LogP contribution in [0.15, 0.2) is 200 Å². The zero-order valence-corrected chi connectivity index (χ0v) is 48.9. The maximum Gasteiger partial charge on any atom is 0.499 e. The van der Waals surface area contributed by atoms with Gasteiger partial charge in [-0.2, -0.15) is 11.3 Å². The summed E-state index contributed by atoms with van der Waals surface area (Å²) >= 11 is 0.949. The van der Waals surface area contributed by atoms with Crippen molar-refractivity contribution in [2.75, 3.05) is 0 Å². The summed E-state index contributed by atoms with van der Waals surface area (Å²) in [5.74, 6) is 0. The molecule has 92 heavy (non-hydrogen) atoms. The number of hydrogen-bond acceptors (Lipinski definition) is 27. The molecule has 0 aliphatic heterocycles. The summed E-state index contributed by atoms with van der Waals surface area (Å²) in [5, 5.41) is 230. The summed E-state index contributed by atoms with van der Waals surface area (Å²) in [6, 6.07) is 53.5. The molecule has 26 N–H and O–H groups in total. The fourth-order valence-corrected chi connectivity index (χ4v) is 8.52. The lowest BCUT2D eigenvalue weighted by Gasteiger charge is -2.08. The topological polar surface area (TPSA) is 526 Å². The van der Waals surface area contributed by atoms with Crippen LogP contribution in [0.5, 0.6) is 0 Å². The van der Waals surface area contributed by atoms with Crippen molar-refractivity contribution in [3.8, 4) is 33.4 Å². The lowest BCUT2D eigenvalue weighted by molar-refractivity contribution is 0.421. The lowest BCUT2D eigenvalue weighted by atomic mass is 9.67. The molecule has 1 heterocycles. The molecule has 9 aromatic rings. The second-order valence-corrected chi connectivity index (χ2v) is 20.6. The highest BCUT2D eigenvalue weighted by atomic mass is 32.1. The minimum Gasteiger partial charge on any atom is -0.423 e. The summed E-state index contributed by atoms with van der Waals surface area (Å²) < 4.78 is 0.598. The van der Waals surface area contributed by atoms with Crippen LogP contribution in [0.3, 0.4) is 0 Å². The van der Waals surface area contributed by atoms with E-state index in [9.17, 15) is 0 Å². The van der Waals surface area contributed by atoms with Gasteiger partial charge in [0.05, 0.1) is 0 Å². The largest absolute Gasteiger partial charge is 0.499 e. The number of thiophene rings is 1. The van der Waals surface area contributed by atoms with Crippen LogP contribution in [0, 0.1) is 0 Å². The van der Waals surface area contributed by atoms with E-state index in [1.807, 2.05) is 48.5 Å². The predicted molar refractivity (Wildman–Crippen MR) is 361 cm³/mol. The number of benzene rings is 8. The molecule has 0 saturated carbocycles. The third kappa shape index (κ3) is 25.6. The molecular weight excluding hydrogens is 1210 g/mol. The summed E-state index contributed by atoms with van der Waals surface area (Å²) in [6.45, 7) is 0. The summed E-state index contributed by atoms with van der Waals surface area (Å²) in [6.07, 6.45) is 0. The maximum absolute atomic E-state index is 9.13. The molecule has 0 amide bonds. The second kappa shape index (κ2) is 38.4. The normalized spacial score (nSPS) is 10.1. The van der Waals surface area contributed by atoms with E-state index in [1.54, 1.807) is 72.8 Å². The minimum absolute atomic E-state index is 0.0521. The van der Waals surface area contributed by atoms with Gasteiger partial charge in [0.25, 0.3) is 0 Å². The van der Waals surface area contributed by atoms with Gasteiger partial charge < -0.3 is 131 Å². The Balaban J connectivity index is 0.000000241. The van der Waals surface area contributed by atoms with Gasteiger partial charge in [0.1, 0.15) is 0 Å². The highest BCUT2D eigenvalue weighted by Crippen LogP contribution is 2.24. The highest BCUT2D eigenvalue weighted by Gasteiger charge is 2.24. The van der Waals surface area contributed by atoms with E-state index in [1.165, 1.54) is 60.7 Å². The van der Waals surface area contributed by atoms with Crippen LogP contribution in [-0.2, 0) is 0 Å². The van der Waals surface area contributed by atoms with Gasteiger partial charge >= 0.3 is 92.5 Å². The summed E-state index contributed by atoms with van der Waals surface area (Å²) in [7, 11) is -20.6. The van der Waals surface area contributed by atoms with Crippen LogP contribution in [0.25, 0.3) is 33.4 Å². The van der Waals surface area contributed by atoms with Gasteiger partial charge in [0, 0.05) is 9.55 Å². The third-order valence-electron chi connectivity index (χ3n) is 12.8. The summed E-state index contributed by atoms with van der Waals surface area (Å²) in [5.41, 5.74) is 8.60. The van der Waals surface area contributed by atoms with E-state index in [0.717, 1.165) is 62.9 Å². The smallest absolute Gasteiger partial charge is 0.423 e. The molecule has 0 saturated heterocycles. The second-order valence-electron chi connectivity index (χ2n) is 19.4. The zero-order chi connectivity index (χ0) is 68.5. The van der Waals surface area contributed by atoms with Gasteiger partial charge in [-0.3, -0.25) is 0 Å². The zero-order valence-electron chi connectivity index (χ0n) is 48.1. The van der Waals surface area contributed by atoms with Crippen LogP contribution in [0.2, 0.25) is 0 Å². The molecule has 8 aromatic carbocycles. The summed E-state index contributed by atoms with van der Waals surface area (Å²) in [4.78, 5) is 0. The van der Waals surface area contributed by atoms with Crippen molar-refractivity contribution in [3.63, 3.8) is 0 Å². The Morgan fingerprint density at radius 2 is 0.304 bits per heavy atom. The van der Waals surface area contributed by atoms with Crippen molar-refractivity contribution in [2.45, 2.75) is 0 Å². The van der Waals surface area contributed by atoms with Crippen LogP contribution in [0.1, 0.15) is 0 Å². The van der Waals surface area contributed by atoms with Crippen LogP contribution >= 0.6 is 11.3 Å². The molecule has 26 nitrogen and oxygen atoms in total. The molecule has 468 valence electrons. The molecule has 0 spiro atoms. The monoisotopic (exact) mass is 1270 g/mol. The minimum atomic E-state index is -1.82. The number of hydrogen-bond donors (Lipinski definition) is 26. The number of rotatable bonds is 16. The first kappa shape index (κ1) is 77.7. The van der Waals surface area contributed by atoms with Gasteiger partial charge in [-0.15, -0.1) is 0 Å². The Hall–Kier alpha value is -6.74. The SMILES string of the molecule is OB(O)c1cc(B(O)O)cc(B(O)O)c1.OB(O)c1ccc(-c2ccc(-c3ccc(B(O)O)cc3)cc2)cc1.OB(O)c1ccc(-c2ccc(B(O)O)cc2)cc1.OB(O)c1ccc(B(O)O)cc1.OB(O)c1ccc(B(O)O)s1.OB(O)c1cccc(B(O)O)c1. The molecule has 0 fully saturated rings. The van der Waals surface area contributed by atoms with Crippen molar-refractivity contribution in [1.29, 1.82) is 0 Å². The van der Waals surface area contributed by atoms with Crippen molar-refractivity contribution in [1.82, 2.24) is 0 Å². The highest BCUT2D eigenvalue weighted by molar-refractivity contribution is 7.29. The van der Waals surface area contributed by atoms with Gasteiger partial charge in [0.15, 0.2) is 0 Å². The van der Waals surface area contributed by atoms with Crippen molar-refractivity contribution < 1.29 is 131 Å². The molecular formula is C52H59B13O26S. The molecule has 40 heteroatoms. The molecule has 0 bridgehead atoms. The molecule has 1 aromatic heterocycles. The molecule has 9 rings (SSSR count). The average molecular weight is 1270 g/mol. The molecule has 0 unspecified atom stereocenters. The van der Waals surface area contributed by atoms with E-state index in [-0.39, 0.29) is 27.3 Å². The Morgan fingerprint density at radius 3 is 0.457 bits per heavy atom. The van der Waals surface area contributed by atoms with E-state index in [2.05, 4.69) is 0 Å². The molecule has 0 aliphatic carbocycles. The van der Waals surface area contributed by atoms with Gasteiger partial charge in [-0.05, 0) is 93.5 Å². The standard InChI is InChI=1S/C18H16B2O4.C12H12B2O4.C6H9B3O6.2C6H8B2O4.C4H6B2O4S/c21-19(22)17-9-5-15(6-10-17)13-1-2-14(4-3-13)16-7-11-18(12-8-16)20(23)24;15-13(16)11-5-1-9(2-6-11)10-3-7-12(8-4-10)14(17)18;10-7(11)4-1-5(8(12)13)3-6(2-4)9(14)15;9-7(10)5-1-2-6(4-3-5)8(11)12;9-7(10)5-2-1-3-6(4-5)8(11)12;7-5(8)3-1-2-4(11-3)6(9)10/h1-12,21-24H;1-8,15-18H;1-3,10-15H;2*1-4,9-12H;1-2,7-10H. The van der Waals surface area contributed by atoms with E-state index < -0.39 is 92.5 Å². The average Bonchev–Trinajstić information content (AvgIpc) is 1.43. The quantitative estimate of drug-likeness (QED) is 0.0400. The van der Waals surface area contributed by atoms with Gasteiger partial charge in [-0.1, -0.05) is 200 Å². The van der Waals surface area contributed by atoms with E-state index >= 15 is 0 Å². The third-order valence-corrected chi connectivity index (χ3v) is 14.0. The first-order valence-corrected chi connectivity index (χ1v) is 27.8. The van der Waals surface area contributed by atoms with Gasteiger partial charge in [0.2, 0.25) is 0 Å². The first-order chi connectivity index (χ1) is 43.4. The van der Waals surface area contributed by atoms with Crippen molar-refractivity contribution in [3.05, 3.63) is 200 Å². The molecule has 0 radical (unpaired) electrons. The van der Waals surface area contributed by atoms with Crippen LogP contribution < -0.4 is 69.6 Å². The van der Waals surface area contributed by atoms with Crippen LogP contribution in [0.4, 0.5) is 0 Å².